The monoisotopic (exact) mass is 396 g/mol. The second-order valence-corrected chi connectivity index (χ2v) is 8.68. The predicted octanol–water partition coefficient (Wildman–Crippen LogP) is 4.37. The molecular weight excluding hydrogens is 368 g/mol. The van der Waals surface area contributed by atoms with Crippen molar-refractivity contribution in [2.45, 2.75) is 50.3 Å². The van der Waals surface area contributed by atoms with Crippen molar-refractivity contribution in [3.05, 3.63) is 65.7 Å². The van der Waals surface area contributed by atoms with Gasteiger partial charge in [-0.25, -0.2) is 0 Å². The van der Waals surface area contributed by atoms with Crippen molar-refractivity contribution in [1.82, 2.24) is 10.2 Å². The van der Waals surface area contributed by atoms with Gasteiger partial charge in [0.2, 0.25) is 5.91 Å². The Bertz CT molecular complexity index is 792. The minimum Gasteiger partial charge on any atom is -0.489 e. The highest BCUT2D eigenvalue weighted by atomic mass is 32.2. The molecule has 2 aromatic carbocycles. The first-order chi connectivity index (χ1) is 13.7. The van der Waals surface area contributed by atoms with Crippen molar-refractivity contribution in [2.75, 3.05) is 12.3 Å². The van der Waals surface area contributed by atoms with Gasteiger partial charge in [0.05, 0.1) is 5.75 Å². The maximum atomic E-state index is 12.7. The van der Waals surface area contributed by atoms with Crippen LogP contribution in [0.25, 0.3) is 0 Å². The Morgan fingerprint density at radius 2 is 2.04 bits per heavy atom. The van der Waals surface area contributed by atoms with Crippen LogP contribution >= 0.6 is 11.8 Å². The van der Waals surface area contributed by atoms with E-state index >= 15 is 0 Å². The molecular formula is C23H28N2O2S. The van der Waals surface area contributed by atoms with Crippen LogP contribution in [0.4, 0.5) is 0 Å². The molecule has 3 unspecified atom stereocenters. The van der Waals surface area contributed by atoms with Crippen LogP contribution in [0.2, 0.25) is 0 Å². The van der Waals surface area contributed by atoms with Crippen molar-refractivity contribution in [2.24, 2.45) is 0 Å². The lowest BCUT2D eigenvalue weighted by Crippen LogP contribution is -2.51. The number of hydrogen-bond acceptors (Lipinski definition) is 4. The van der Waals surface area contributed by atoms with E-state index in [4.69, 9.17) is 4.74 Å². The van der Waals surface area contributed by atoms with Gasteiger partial charge in [-0.2, -0.15) is 0 Å². The van der Waals surface area contributed by atoms with Crippen molar-refractivity contribution < 1.29 is 9.53 Å². The Hall–Kier alpha value is -1.98. The lowest BCUT2D eigenvalue weighted by atomic mass is 9.97. The fourth-order valence-corrected chi connectivity index (χ4v) is 5.38. The summed E-state index contributed by atoms with van der Waals surface area (Å²) in [5.41, 5.74) is 2.29. The number of benzene rings is 2. The van der Waals surface area contributed by atoms with Crippen molar-refractivity contribution >= 4 is 17.7 Å². The third kappa shape index (κ3) is 4.36. The first kappa shape index (κ1) is 19.3. The zero-order valence-electron chi connectivity index (χ0n) is 16.3. The molecule has 3 atom stereocenters. The SMILES string of the molecule is CC(C1CCCCN1)N1C(=O)CSC1c1cccc(OCc2ccccc2)c1. The van der Waals surface area contributed by atoms with Crippen molar-refractivity contribution in [3.8, 4) is 5.75 Å². The van der Waals surface area contributed by atoms with E-state index in [9.17, 15) is 4.79 Å². The number of ether oxygens (including phenoxy) is 1. The number of carbonyl (C=O) groups is 1. The van der Waals surface area contributed by atoms with Gasteiger partial charge in [0, 0.05) is 12.1 Å². The van der Waals surface area contributed by atoms with Gasteiger partial charge in [-0.05, 0) is 49.6 Å². The Morgan fingerprint density at radius 3 is 2.82 bits per heavy atom. The Balaban J connectivity index is 1.48. The molecule has 148 valence electrons. The van der Waals surface area contributed by atoms with Crippen LogP contribution in [-0.2, 0) is 11.4 Å². The highest BCUT2D eigenvalue weighted by Crippen LogP contribution is 2.41. The topological polar surface area (TPSA) is 41.6 Å². The van der Waals surface area contributed by atoms with E-state index in [1.54, 1.807) is 11.8 Å². The molecule has 1 amide bonds. The van der Waals surface area contributed by atoms with Gasteiger partial charge in [0.1, 0.15) is 17.7 Å². The number of rotatable bonds is 6. The predicted molar refractivity (Wildman–Crippen MR) is 114 cm³/mol. The molecule has 1 N–H and O–H groups in total. The van der Waals surface area contributed by atoms with Crippen LogP contribution in [-0.4, -0.2) is 35.2 Å². The third-order valence-corrected chi connectivity index (χ3v) is 6.90. The number of amides is 1. The Kier molecular flexibility index (Phi) is 6.23. The van der Waals surface area contributed by atoms with E-state index in [0.29, 0.717) is 18.4 Å². The van der Waals surface area contributed by atoms with Gasteiger partial charge < -0.3 is 15.0 Å². The summed E-state index contributed by atoms with van der Waals surface area (Å²) in [5.74, 6) is 1.65. The maximum Gasteiger partial charge on any atom is 0.234 e. The molecule has 0 aliphatic carbocycles. The summed E-state index contributed by atoms with van der Waals surface area (Å²) in [5, 5.41) is 3.67. The van der Waals surface area contributed by atoms with E-state index in [2.05, 4.69) is 41.4 Å². The smallest absolute Gasteiger partial charge is 0.234 e. The normalized spacial score (nSPS) is 23.6. The molecule has 0 aromatic heterocycles. The molecule has 5 heteroatoms. The van der Waals surface area contributed by atoms with Crippen LogP contribution in [0, 0.1) is 0 Å². The summed E-state index contributed by atoms with van der Waals surface area (Å²) in [6.07, 6.45) is 3.61. The third-order valence-electron chi connectivity index (χ3n) is 5.67. The van der Waals surface area contributed by atoms with Crippen LogP contribution in [0.1, 0.15) is 42.7 Å². The van der Waals surface area contributed by atoms with E-state index < -0.39 is 0 Å². The number of nitrogens with zero attached hydrogens (tertiary/aromatic N) is 1. The number of nitrogens with one attached hydrogen (secondary N) is 1. The highest BCUT2D eigenvalue weighted by Gasteiger charge is 2.39. The summed E-state index contributed by atoms with van der Waals surface area (Å²) in [4.78, 5) is 14.8. The quantitative estimate of drug-likeness (QED) is 0.787. The van der Waals surface area contributed by atoms with Crippen LogP contribution in [0.3, 0.4) is 0 Å². The molecule has 0 saturated carbocycles. The fraction of sp³-hybridized carbons (Fsp3) is 0.435. The van der Waals surface area contributed by atoms with Gasteiger partial charge in [-0.1, -0.05) is 48.9 Å². The van der Waals surface area contributed by atoms with Gasteiger partial charge in [0.25, 0.3) is 0 Å². The zero-order valence-corrected chi connectivity index (χ0v) is 17.2. The molecule has 2 heterocycles. The molecule has 0 radical (unpaired) electrons. The Labute approximate surface area is 171 Å². The standard InChI is InChI=1S/C23H28N2O2S/c1-17(21-12-5-6-13-24-21)25-22(26)16-28-23(25)19-10-7-11-20(14-19)27-15-18-8-3-2-4-9-18/h2-4,7-11,14,17,21,23-24H,5-6,12-13,15-16H2,1H3. The minimum atomic E-state index is 0.0616. The van der Waals surface area contributed by atoms with E-state index in [-0.39, 0.29) is 17.3 Å². The second kappa shape index (κ2) is 9.01. The van der Waals surface area contributed by atoms with Crippen LogP contribution in [0.15, 0.2) is 54.6 Å². The molecule has 4 nitrogen and oxygen atoms in total. The first-order valence-corrected chi connectivity index (χ1v) is 11.2. The molecule has 2 fully saturated rings. The fourth-order valence-electron chi connectivity index (χ4n) is 4.12. The van der Waals surface area contributed by atoms with Gasteiger partial charge in [-0.3, -0.25) is 4.79 Å². The van der Waals surface area contributed by atoms with Gasteiger partial charge >= 0.3 is 0 Å². The van der Waals surface area contributed by atoms with Crippen LogP contribution < -0.4 is 10.1 Å². The number of thioether (sulfide) groups is 1. The maximum absolute atomic E-state index is 12.7. The summed E-state index contributed by atoms with van der Waals surface area (Å²) in [7, 11) is 0. The number of carbonyl (C=O) groups excluding carboxylic acids is 1. The van der Waals surface area contributed by atoms with Crippen molar-refractivity contribution in [1.29, 1.82) is 0 Å². The first-order valence-electron chi connectivity index (χ1n) is 10.2. The highest BCUT2D eigenvalue weighted by molar-refractivity contribution is 8.00. The lowest BCUT2D eigenvalue weighted by Gasteiger charge is -2.38. The molecule has 2 saturated heterocycles. The number of piperidine rings is 1. The van der Waals surface area contributed by atoms with E-state index in [1.165, 1.54) is 12.8 Å². The summed E-state index contributed by atoms with van der Waals surface area (Å²) < 4.78 is 6.01. The molecule has 2 aliphatic heterocycles. The number of hydrogen-bond donors (Lipinski definition) is 1. The molecule has 2 aromatic rings. The summed E-state index contributed by atoms with van der Waals surface area (Å²) in [6, 6.07) is 19.0. The molecule has 4 rings (SSSR count). The van der Waals surface area contributed by atoms with Gasteiger partial charge in [0.15, 0.2) is 0 Å². The molecule has 0 spiro atoms. The average Bonchev–Trinajstić information content (AvgIpc) is 3.15. The van der Waals surface area contributed by atoms with Crippen molar-refractivity contribution in [3.63, 3.8) is 0 Å². The average molecular weight is 397 g/mol. The second-order valence-electron chi connectivity index (χ2n) is 7.61. The summed E-state index contributed by atoms with van der Waals surface area (Å²) >= 11 is 1.72. The minimum absolute atomic E-state index is 0.0616. The van der Waals surface area contributed by atoms with E-state index in [0.717, 1.165) is 29.8 Å². The van der Waals surface area contributed by atoms with E-state index in [1.807, 2.05) is 30.3 Å². The lowest BCUT2D eigenvalue weighted by molar-refractivity contribution is -0.130. The molecule has 28 heavy (non-hydrogen) atoms. The Morgan fingerprint density at radius 1 is 1.18 bits per heavy atom. The summed E-state index contributed by atoms with van der Waals surface area (Å²) in [6.45, 7) is 3.79. The molecule has 2 aliphatic rings. The largest absolute Gasteiger partial charge is 0.489 e. The van der Waals surface area contributed by atoms with Crippen LogP contribution in [0.5, 0.6) is 5.75 Å². The zero-order chi connectivity index (χ0) is 19.3. The van der Waals surface area contributed by atoms with Gasteiger partial charge in [-0.15, -0.1) is 11.8 Å². The molecule has 0 bridgehead atoms.